The number of thiazole rings is 1. The summed E-state index contributed by atoms with van der Waals surface area (Å²) >= 11 is 1.58. The first kappa shape index (κ1) is 26.3. The van der Waals surface area contributed by atoms with E-state index in [9.17, 15) is 4.79 Å². The minimum absolute atomic E-state index is 0.00843. The number of morpholine rings is 1. The Balaban J connectivity index is 1.33. The molecule has 2 heterocycles. The maximum absolute atomic E-state index is 13.0. The number of carbonyl (C=O) groups excluding carboxylic acids is 1. The fourth-order valence-electron chi connectivity index (χ4n) is 4.98. The zero-order valence-corrected chi connectivity index (χ0v) is 22.8. The first-order valence-corrected chi connectivity index (χ1v) is 14.2. The number of nitrogens with zero attached hydrogens (tertiary/aromatic N) is 3. The molecular formula is C32H35N3O2S. The molecule has 1 aliphatic heterocycles. The van der Waals surface area contributed by atoms with E-state index in [1.54, 1.807) is 11.3 Å². The van der Waals surface area contributed by atoms with Gasteiger partial charge in [-0.05, 0) is 36.6 Å². The van der Waals surface area contributed by atoms with Crippen molar-refractivity contribution in [3.63, 3.8) is 0 Å². The predicted octanol–water partition coefficient (Wildman–Crippen LogP) is 6.15. The number of benzene rings is 3. The normalized spacial score (nSPS) is 13.8. The Bertz CT molecular complexity index is 1250. The van der Waals surface area contributed by atoms with Crippen molar-refractivity contribution in [1.29, 1.82) is 0 Å². The molecule has 0 N–H and O–H groups in total. The average Bonchev–Trinajstić information content (AvgIpc) is 3.44. The van der Waals surface area contributed by atoms with E-state index in [2.05, 4.69) is 96.8 Å². The first-order chi connectivity index (χ1) is 18.7. The number of aromatic nitrogens is 1. The monoisotopic (exact) mass is 525 g/mol. The van der Waals surface area contributed by atoms with Gasteiger partial charge in [0.2, 0.25) is 0 Å². The van der Waals surface area contributed by atoms with Crippen LogP contribution in [0.3, 0.4) is 0 Å². The van der Waals surface area contributed by atoms with Crippen LogP contribution in [0.25, 0.3) is 0 Å². The van der Waals surface area contributed by atoms with Crippen molar-refractivity contribution in [2.24, 2.45) is 0 Å². The van der Waals surface area contributed by atoms with Crippen molar-refractivity contribution in [3.05, 3.63) is 123 Å². The standard InChI is InChI=1S/C32H35N3O2S/c1-25-12-14-26(15-13-25)22-34(23-31-33-30(24-38-31)32(36)35-18-20-37-21-19-35)17-16-29(27-8-4-2-5-9-27)28-10-6-3-7-11-28/h2-15,24,29H,16-23H2,1H3. The van der Waals surface area contributed by atoms with E-state index in [-0.39, 0.29) is 5.91 Å². The quantitative estimate of drug-likeness (QED) is 0.249. The van der Waals surface area contributed by atoms with Gasteiger partial charge in [-0.1, -0.05) is 90.5 Å². The van der Waals surface area contributed by atoms with Gasteiger partial charge in [-0.3, -0.25) is 9.69 Å². The van der Waals surface area contributed by atoms with Gasteiger partial charge in [-0.25, -0.2) is 4.98 Å². The highest BCUT2D eigenvalue weighted by atomic mass is 32.1. The maximum atomic E-state index is 13.0. The van der Waals surface area contributed by atoms with Crippen molar-refractivity contribution in [3.8, 4) is 0 Å². The van der Waals surface area contributed by atoms with E-state index in [4.69, 9.17) is 9.72 Å². The molecule has 5 rings (SSSR count). The zero-order valence-electron chi connectivity index (χ0n) is 22.0. The number of rotatable bonds is 10. The van der Waals surface area contributed by atoms with Crippen LogP contribution < -0.4 is 0 Å². The molecule has 0 unspecified atom stereocenters. The molecule has 0 aliphatic carbocycles. The van der Waals surface area contributed by atoms with Crippen molar-refractivity contribution < 1.29 is 9.53 Å². The maximum Gasteiger partial charge on any atom is 0.273 e. The Labute approximate surface area is 229 Å². The average molecular weight is 526 g/mol. The topological polar surface area (TPSA) is 45.7 Å². The van der Waals surface area contributed by atoms with Gasteiger partial charge in [0.25, 0.3) is 5.91 Å². The molecule has 1 aromatic heterocycles. The summed E-state index contributed by atoms with van der Waals surface area (Å²) in [4.78, 5) is 22.0. The van der Waals surface area contributed by atoms with Crippen molar-refractivity contribution >= 4 is 17.2 Å². The van der Waals surface area contributed by atoms with Crippen molar-refractivity contribution in [1.82, 2.24) is 14.8 Å². The summed E-state index contributed by atoms with van der Waals surface area (Å²) in [7, 11) is 0. The van der Waals surface area contributed by atoms with E-state index in [1.807, 2.05) is 10.3 Å². The summed E-state index contributed by atoms with van der Waals surface area (Å²) < 4.78 is 5.40. The number of amides is 1. The summed E-state index contributed by atoms with van der Waals surface area (Å²) in [5, 5.41) is 2.89. The van der Waals surface area contributed by atoms with E-state index in [0.29, 0.717) is 44.5 Å². The second-order valence-corrected chi connectivity index (χ2v) is 10.8. The Hall–Kier alpha value is -3.32. The molecule has 5 nitrogen and oxygen atoms in total. The molecular weight excluding hydrogens is 490 g/mol. The Morgan fingerprint density at radius 1 is 0.921 bits per heavy atom. The van der Waals surface area contributed by atoms with E-state index in [0.717, 1.165) is 24.5 Å². The van der Waals surface area contributed by atoms with Crippen molar-refractivity contribution in [2.75, 3.05) is 32.8 Å². The summed E-state index contributed by atoms with van der Waals surface area (Å²) in [6.07, 6.45) is 0.991. The molecule has 0 spiro atoms. The van der Waals surface area contributed by atoms with E-state index < -0.39 is 0 Å². The van der Waals surface area contributed by atoms with E-state index in [1.165, 1.54) is 22.3 Å². The summed E-state index contributed by atoms with van der Waals surface area (Å²) in [6, 6.07) is 30.3. The molecule has 0 bridgehead atoms. The van der Waals surface area contributed by atoms with Crippen LogP contribution in [0.2, 0.25) is 0 Å². The number of ether oxygens (including phenoxy) is 1. The molecule has 0 saturated carbocycles. The first-order valence-electron chi connectivity index (χ1n) is 13.3. The van der Waals surface area contributed by atoms with E-state index >= 15 is 0 Å². The van der Waals surface area contributed by atoms with Gasteiger partial charge in [0.1, 0.15) is 10.7 Å². The third-order valence-corrected chi connectivity index (χ3v) is 7.93. The van der Waals surface area contributed by atoms with Crippen LogP contribution in [-0.2, 0) is 17.8 Å². The lowest BCUT2D eigenvalue weighted by Gasteiger charge is -2.26. The van der Waals surface area contributed by atoms with Gasteiger partial charge in [0.05, 0.1) is 19.8 Å². The second-order valence-electron chi connectivity index (χ2n) is 9.89. The SMILES string of the molecule is Cc1ccc(CN(CCC(c2ccccc2)c2ccccc2)Cc2nc(C(=O)N3CCOCC3)cs2)cc1. The highest BCUT2D eigenvalue weighted by molar-refractivity contribution is 7.09. The molecule has 1 saturated heterocycles. The molecule has 1 fully saturated rings. The fraction of sp³-hybridized carbons (Fsp3) is 0.312. The molecule has 38 heavy (non-hydrogen) atoms. The number of hydrogen-bond acceptors (Lipinski definition) is 5. The van der Waals surface area contributed by atoms with Gasteiger partial charge in [0.15, 0.2) is 0 Å². The van der Waals surface area contributed by atoms with Gasteiger partial charge in [-0.2, -0.15) is 0 Å². The summed E-state index contributed by atoms with van der Waals surface area (Å²) in [5.74, 6) is 0.321. The molecule has 0 radical (unpaired) electrons. The Kier molecular flexibility index (Phi) is 8.97. The number of hydrogen-bond donors (Lipinski definition) is 0. The van der Waals surface area contributed by atoms with Crippen LogP contribution in [0, 0.1) is 6.92 Å². The van der Waals surface area contributed by atoms with Gasteiger partial charge in [-0.15, -0.1) is 11.3 Å². The van der Waals surface area contributed by atoms with Crippen LogP contribution in [0.4, 0.5) is 0 Å². The third-order valence-electron chi connectivity index (χ3n) is 7.09. The molecule has 0 atom stereocenters. The molecule has 6 heteroatoms. The zero-order chi connectivity index (χ0) is 26.2. The Morgan fingerprint density at radius 3 is 2.18 bits per heavy atom. The van der Waals surface area contributed by atoms with Crippen LogP contribution >= 0.6 is 11.3 Å². The Morgan fingerprint density at radius 2 is 1.55 bits per heavy atom. The molecule has 1 amide bonds. The molecule has 3 aromatic carbocycles. The smallest absolute Gasteiger partial charge is 0.273 e. The molecule has 4 aromatic rings. The lowest BCUT2D eigenvalue weighted by atomic mass is 9.88. The second kappa shape index (κ2) is 13.0. The number of carbonyl (C=O) groups is 1. The predicted molar refractivity (Wildman–Crippen MR) is 153 cm³/mol. The number of aryl methyl sites for hydroxylation is 1. The summed E-state index contributed by atoms with van der Waals surface area (Å²) in [5.41, 5.74) is 5.77. The van der Waals surface area contributed by atoms with Crippen LogP contribution in [0.1, 0.15) is 50.1 Å². The summed E-state index contributed by atoms with van der Waals surface area (Å²) in [6.45, 7) is 7.03. The fourth-order valence-corrected chi connectivity index (χ4v) is 5.78. The highest BCUT2D eigenvalue weighted by Gasteiger charge is 2.22. The highest BCUT2D eigenvalue weighted by Crippen LogP contribution is 2.29. The van der Waals surface area contributed by atoms with Gasteiger partial charge in [0, 0.05) is 30.9 Å². The molecule has 196 valence electrons. The van der Waals surface area contributed by atoms with Crippen LogP contribution in [0.15, 0.2) is 90.3 Å². The lowest BCUT2D eigenvalue weighted by molar-refractivity contribution is 0.0299. The molecule has 1 aliphatic rings. The minimum atomic E-state index is 0.00843. The van der Waals surface area contributed by atoms with Gasteiger partial charge >= 0.3 is 0 Å². The van der Waals surface area contributed by atoms with Crippen molar-refractivity contribution in [2.45, 2.75) is 32.4 Å². The minimum Gasteiger partial charge on any atom is -0.378 e. The van der Waals surface area contributed by atoms with Crippen LogP contribution in [0.5, 0.6) is 0 Å². The largest absolute Gasteiger partial charge is 0.378 e. The van der Waals surface area contributed by atoms with Gasteiger partial charge < -0.3 is 9.64 Å². The third kappa shape index (κ3) is 6.95. The van der Waals surface area contributed by atoms with Crippen LogP contribution in [-0.4, -0.2) is 53.5 Å². The lowest BCUT2D eigenvalue weighted by Crippen LogP contribution is -2.40.